The number of carboxylic acid groups (broad SMARTS) is 1. The van der Waals surface area contributed by atoms with Gasteiger partial charge in [0.2, 0.25) is 5.91 Å². The number of nitrogens with one attached hydrogen (secondary N) is 2. The number of benzene rings is 1. The number of nitrogens with zero attached hydrogens (tertiary/aromatic N) is 1. The number of carbonyl (C=O) groups is 2. The molecule has 6 nitrogen and oxygen atoms in total. The number of aryl methyl sites for hydroxylation is 2. The van der Waals surface area contributed by atoms with Gasteiger partial charge in [-0.25, -0.2) is 9.18 Å². The smallest absolute Gasteiger partial charge is 0.475 e. The second-order valence-corrected chi connectivity index (χ2v) is 4.92. The average molecular weight is 361 g/mol. The van der Waals surface area contributed by atoms with Crippen LogP contribution in [0.5, 0.6) is 0 Å². The van der Waals surface area contributed by atoms with Crippen LogP contribution in [0.4, 0.5) is 23.4 Å². The first-order valence-electron chi connectivity index (χ1n) is 6.94. The van der Waals surface area contributed by atoms with Crippen LogP contribution in [0.25, 0.3) is 0 Å². The highest BCUT2D eigenvalue weighted by atomic mass is 19.4. The Labute approximate surface area is 139 Å². The molecule has 2 rings (SSSR count). The number of hydrogen-bond acceptors (Lipinski definition) is 3. The van der Waals surface area contributed by atoms with Crippen LogP contribution >= 0.6 is 0 Å². The first-order valence-corrected chi connectivity index (χ1v) is 6.94. The van der Waals surface area contributed by atoms with Crippen LogP contribution in [0.1, 0.15) is 17.7 Å². The lowest BCUT2D eigenvalue weighted by Crippen LogP contribution is -2.21. The molecule has 0 aliphatic heterocycles. The summed E-state index contributed by atoms with van der Waals surface area (Å²) in [6, 6.07) is 8.01. The summed E-state index contributed by atoms with van der Waals surface area (Å²) in [4.78, 5) is 20.5. The van der Waals surface area contributed by atoms with Crippen LogP contribution in [-0.2, 0) is 16.0 Å². The van der Waals surface area contributed by atoms with Crippen LogP contribution in [0.3, 0.4) is 0 Å². The van der Waals surface area contributed by atoms with E-state index in [1.165, 1.54) is 12.1 Å². The number of H-pyrrole nitrogens is 1. The van der Waals surface area contributed by atoms with Gasteiger partial charge in [-0.3, -0.25) is 9.89 Å². The van der Waals surface area contributed by atoms with Gasteiger partial charge in [-0.2, -0.15) is 18.3 Å². The van der Waals surface area contributed by atoms with Gasteiger partial charge < -0.3 is 10.4 Å². The lowest BCUT2D eigenvalue weighted by atomic mass is 10.1. The second kappa shape index (κ2) is 8.81. The Morgan fingerprint density at radius 2 is 1.92 bits per heavy atom. The van der Waals surface area contributed by atoms with Gasteiger partial charge in [0.05, 0.1) is 0 Å². The molecule has 2 aromatic rings. The van der Waals surface area contributed by atoms with E-state index in [1.807, 2.05) is 6.92 Å². The average Bonchev–Trinajstić information content (AvgIpc) is 2.90. The summed E-state index contributed by atoms with van der Waals surface area (Å²) in [5.41, 5.74) is 1.69. The summed E-state index contributed by atoms with van der Waals surface area (Å²) < 4.78 is 44.7. The molecule has 0 spiro atoms. The monoisotopic (exact) mass is 361 g/mol. The topological polar surface area (TPSA) is 95.1 Å². The summed E-state index contributed by atoms with van der Waals surface area (Å²) in [6.45, 7) is 1.86. The fraction of sp³-hybridized carbons (Fsp3) is 0.267. The fourth-order valence-electron chi connectivity index (χ4n) is 1.64. The van der Waals surface area contributed by atoms with Crippen molar-refractivity contribution in [3.8, 4) is 0 Å². The van der Waals surface area contributed by atoms with Crippen molar-refractivity contribution in [3.63, 3.8) is 0 Å². The zero-order valence-electron chi connectivity index (χ0n) is 13.0. The van der Waals surface area contributed by atoms with E-state index in [1.54, 1.807) is 18.2 Å². The van der Waals surface area contributed by atoms with Crippen molar-refractivity contribution in [1.29, 1.82) is 0 Å². The Balaban J connectivity index is 0.000000381. The molecule has 10 heteroatoms. The molecule has 1 aromatic heterocycles. The molecule has 1 heterocycles. The minimum Gasteiger partial charge on any atom is -0.475 e. The summed E-state index contributed by atoms with van der Waals surface area (Å²) in [7, 11) is 0. The van der Waals surface area contributed by atoms with Gasteiger partial charge in [0.15, 0.2) is 5.82 Å². The first-order chi connectivity index (χ1) is 11.6. The Morgan fingerprint density at radius 3 is 2.40 bits per heavy atom. The number of amides is 1. The number of carbonyl (C=O) groups excluding carboxylic acids is 1. The molecule has 1 amide bonds. The molecule has 3 N–H and O–H groups in total. The zero-order chi connectivity index (χ0) is 19.0. The third-order valence-electron chi connectivity index (χ3n) is 2.75. The standard InChI is InChI=1S/C13H14FN3O.C2HF3O2/c1-9-7-12(17-16-9)15-13(18)6-5-10-3-2-4-11(14)8-10;3-2(4,5)1(6)7/h2-4,7-8H,5-6H2,1H3,(H2,15,16,17,18);(H,6,7). The van der Waals surface area contributed by atoms with E-state index in [-0.39, 0.29) is 11.7 Å². The molecular formula is C15H15F4N3O3. The van der Waals surface area contributed by atoms with Gasteiger partial charge >= 0.3 is 12.1 Å². The lowest BCUT2D eigenvalue weighted by Gasteiger charge is -2.02. The minimum absolute atomic E-state index is 0.134. The van der Waals surface area contributed by atoms with Crippen molar-refractivity contribution in [3.05, 3.63) is 47.4 Å². The van der Waals surface area contributed by atoms with Crippen molar-refractivity contribution in [1.82, 2.24) is 10.2 Å². The zero-order valence-corrected chi connectivity index (χ0v) is 13.0. The van der Waals surface area contributed by atoms with E-state index < -0.39 is 12.1 Å². The van der Waals surface area contributed by atoms with Crippen LogP contribution < -0.4 is 5.32 Å². The summed E-state index contributed by atoms with van der Waals surface area (Å²) >= 11 is 0. The summed E-state index contributed by atoms with van der Waals surface area (Å²) in [5.74, 6) is -2.66. The number of rotatable bonds is 4. The van der Waals surface area contributed by atoms with E-state index >= 15 is 0 Å². The maximum atomic E-state index is 12.9. The number of hydrogen-bond donors (Lipinski definition) is 3. The van der Waals surface area contributed by atoms with Gasteiger partial charge in [0.25, 0.3) is 0 Å². The van der Waals surface area contributed by atoms with Gasteiger partial charge in [-0.1, -0.05) is 12.1 Å². The highest BCUT2D eigenvalue weighted by molar-refractivity contribution is 5.89. The molecule has 0 fully saturated rings. The molecule has 0 aliphatic rings. The SMILES string of the molecule is Cc1cc(NC(=O)CCc2cccc(F)c2)n[nH]1.O=C(O)C(F)(F)F. The van der Waals surface area contributed by atoms with Gasteiger partial charge in [-0.05, 0) is 31.0 Å². The normalized spacial score (nSPS) is 10.6. The number of aromatic amines is 1. The maximum absolute atomic E-state index is 12.9. The minimum atomic E-state index is -5.08. The quantitative estimate of drug-likeness (QED) is 0.730. The van der Waals surface area contributed by atoms with E-state index in [0.29, 0.717) is 18.7 Å². The largest absolute Gasteiger partial charge is 0.490 e. The number of carboxylic acids is 1. The molecule has 0 unspecified atom stereocenters. The molecule has 136 valence electrons. The van der Waals surface area contributed by atoms with Crippen LogP contribution in [0.2, 0.25) is 0 Å². The molecular weight excluding hydrogens is 346 g/mol. The fourth-order valence-corrected chi connectivity index (χ4v) is 1.64. The van der Waals surface area contributed by atoms with Crippen molar-refractivity contribution in [2.75, 3.05) is 5.32 Å². The van der Waals surface area contributed by atoms with E-state index in [9.17, 15) is 22.4 Å². The highest BCUT2D eigenvalue weighted by Gasteiger charge is 2.38. The van der Waals surface area contributed by atoms with Gasteiger partial charge in [0.1, 0.15) is 5.82 Å². The van der Waals surface area contributed by atoms with E-state index in [2.05, 4.69) is 15.5 Å². The Kier molecular flexibility index (Phi) is 7.09. The van der Waals surface area contributed by atoms with Gasteiger partial charge in [0, 0.05) is 18.2 Å². The summed E-state index contributed by atoms with van der Waals surface area (Å²) in [6.07, 6.45) is -4.28. The maximum Gasteiger partial charge on any atom is 0.490 e. The molecule has 0 saturated carbocycles. The van der Waals surface area contributed by atoms with Crippen molar-refractivity contribution < 1.29 is 32.3 Å². The summed E-state index contributed by atoms with van der Waals surface area (Å²) in [5, 5.41) is 16.4. The van der Waals surface area contributed by atoms with Crippen LogP contribution in [0.15, 0.2) is 30.3 Å². The number of aromatic nitrogens is 2. The predicted octanol–water partition coefficient (Wildman–Crippen LogP) is 3.06. The molecule has 0 bridgehead atoms. The molecule has 0 radical (unpaired) electrons. The molecule has 0 saturated heterocycles. The first kappa shape index (κ1) is 20.1. The van der Waals surface area contributed by atoms with E-state index in [4.69, 9.17) is 9.90 Å². The van der Waals surface area contributed by atoms with E-state index in [0.717, 1.165) is 11.3 Å². The lowest BCUT2D eigenvalue weighted by molar-refractivity contribution is -0.192. The Morgan fingerprint density at radius 1 is 1.28 bits per heavy atom. The highest BCUT2D eigenvalue weighted by Crippen LogP contribution is 2.13. The third kappa shape index (κ3) is 7.95. The number of aliphatic carboxylic acids is 1. The number of alkyl halides is 3. The molecule has 1 aromatic carbocycles. The third-order valence-corrected chi connectivity index (χ3v) is 2.75. The Bertz CT molecular complexity index is 729. The molecule has 0 aliphatic carbocycles. The van der Waals surface area contributed by atoms with Gasteiger partial charge in [-0.15, -0.1) is 0 Å². The predicted molar refractivity (Wildman–Crippen MR) is 80.4 cm³/mol. The molecule has 0 atom stereocenters. The number of halogens is 4. The van der Waals surface area contributed by atoms with Crippen molar-refractivity contribution in [2.45, 2.75) is 25.9 Å². The Hall–Kier alpha value is -2.91. The van der Waals surface area contributed by atoms with Crippen LogP contribution in [0, 0.1) is 12.7 Å². The second-order valence-electron chi connectivity index (χ2n) is 4.92. The van der Waals surface area contributed by atoms with Crippen molar-refractivity contribution in [2.24, 2.45) is 0 Å². The van der Waals surface area contributed by atoms with Crippen molar-refractivity contribution >= 4 is 17.7 Å². The van der Waals surface area contributed by atoms with Crippen LogP contribution in [-0.4, -0.2) is 33.4 Å². The molecule has 25 heavy (non-hydrogen) atoms. The number of anilines is 1.